The molecule has 0 amide bonds. The molecule has 0 fully saturated rings. The Labute approximate surface area is 90.8 Å². The summed E-state index contributed by atoms with van der Waals surface area (Å²) in [7, 11) is 1.71. The Balaban J connectivity index is 2.16. The van der Waals surface area contributed by atoms with Crippen LogP contribution < -0.4 is 10.5 Å². The molecule has 0 unspecified atom stereocenters. The van der Waals surface area contributed by atoms with Gasteiger partial charge in [0.15, 0.2) is 0 Å². The molecule has 3 heteroatoms. The minimum absolute atomic E-state index is 0.735. The van der Waals surface area contributed by atoms with E-state index in [1.807, 2.05) is 6.07 Å². The number of nitrogens with two attached hydrogens (primary N) is 1. The van der Waals surface area contributed by atoms with E-state index in [1.54, 1.807) is 7.11 Å². The van der Waals surface area contributed by atoms with Gasteiger partial charge in [0.05, 0.1) is 7.11 Å². The molecule has 3 nitrogen and oxygen atoms in total. The lowest BCUT2D eigenvalue weighted by atomic mass is 9.99. The standard InChI is InChI=1S/C12H18N2O/c1-15-12-3-2-10-4-6-14(7-5-13)9-11(10)8-12/h2-3,8H,4-7,9,13H2,1H3. The number of benzene rings is 1. The Morgan fingerprint density at radius 1 is 1.40 bits per heavy atom. The van der Waals surface area contributed by atoms with E-state index in [2.05, 4.69) is 17.0 Å². The maximum atomic E-state index is 5.57. The van der Waals surface area contributed by atoms with E-state index in [0.717, 1.165) is 38.3 Å². The molecule has 0 spiro atoms. The van der Waals surface area contributed by atoms with Crippen molar-refractivity contribution in [3.8, 4) is 5.75 Å². The number of hydrogen-bond donors (Lipinski definition) is 1. The fourth-order valence-corrected chi connectivity index (χ4v) is 2.09. The van der Waals surface area contributed by atoms with Gasteiger partial charge in [0.2, 0.25) is 0 Å². The minimum Gasteiger partial charge on any atom is -0.497 e. The molecule has 1 aromatic rings. The smallest absolute Gasteiger partial charge is 0.119 e. The molecule has 0 aromatic heterocycles. The number of methoxy groups -OCH3 is 1. The lowest BCUT2D eigenvalue weighted by Crippen LogP contribution is -2.34. The summed E-state index contributed by atoms with van der Waals surface area (Å²) in [6.45, 7) is 3.84. The molecule has 0 atom stereocenters. The SMILES string of the molecule is COc1ccc2c(c1)CN(CCN)CC2. The third-order valence-electron chi connectivity index (χ3n) is 2.95. The molecular formula is C12H18N2O. The molecule has 1 aliphatic rings. The normalized spacial score (nSPS) is 16.1. The summed E-state index contributed by atoms with van der Waals surface area (Å²) in [6, 6.07) is 6.35. The van der Waals surface area contributed by atoms with E-state index in [-0.39, 0.29) is 0 Å². The molecule has 1 heterocycles. The second-order valence-electron chi connectivity index (χ2n) is 3.95. The fourth-order valence-electron chi connectivity index (χ4n) is 2.09. The molecule has 15 heavy (non-hydrogen) atoms. The number of fused-ring (bicyclic) bond motifs is 1. The van der Waals surface area contributed by atoms with Crippen LogP contribution in [-0.2, 0) is 13.0 Å². The summed E-state index contributed by atoms with van der Waals surface area (Å²) in [6.07, 6.45) is 1.12. The summed E-state index contributed by atoms with van der Waals surface area (Å²) < 4.78 is 5.23. The van der Waals surface area contributed by atoms with Crippen molar-refractivity contribution in [1.82, 2.24) is 4.90 Å². The van der Waals surface area contributed by atoms with Crippen LogP contribution >= 0.6 is 0 Å². The molecule has 1 aromatic carbocycles. The zero-order chi connectivity index (χ0) is 10.7. The number of nitrogens with zero attached hydrogens (tertiary/aromatic N) is 1. The van der Waals surface area contributed by atoms with Crippen molar-refractivity contribution in [3.63, 3.8) is 0 Å². The van der Waals surface area contributed by atoms with Crippen LogP contribution in [0.3, 0.4) is 0 Å². The van der Waals surface area contributed by atoms with Gasteiger partial charge in [-0.05, 0) is 29.7 Å². The van der Waals surface area contributed by atoms with Gasteiger partial charge in [0, 0.05) is 26.2 Å². The van der Waals surface area contributed by atoms with E-state index in [4.69, 9.17) is 10.5 Å². The van der Waals surface area contributed by atoms with E-state index >= 15 is 0 Å². The van der Waals surface area contributed by atoms with Crippen LogP contribution in [0.5, 0.6) is 5.75 Å². The van der Waals surface area contributed by atoms with Gasteiger partial charge in [0.1, 0.15) is 5.75 Å². The second kappa shape index (κ2) is 4.64. The van der Waals surface area contributed by atoms with Gasteiger partial charge in [-0.15, -0.1) is 0 Å². The van der Waals surface area contributed by atoms with Gasteiger partial charge >= 0.3 is 0 Å². The Morgan fingerprint density at radius 3 is 3.00 bits per heavy atom. The summed E-state index contributed by atoms with van der Waals surface area (Å²) in [5.74, 6) is 0.948. The summed E-state index contributed by atoms with van der Waals surface area (Å²) in [5, 5.41) is 0. The number of ether oxygens (including phenoxy) is 1. The van der Waals surface area contributed by atoms with Crippen LogP contribution in [0.15, 0.2) is 18.2 Å². The first-order valence-electron chi connectivity index (χ1n) is 5.41. The first-order valence-corrected chi connectivity index (χ1v) is 5.41. The van der Waals surface area contributed by atoms with Crippen LogP contribution in [0.4, 0.5) is 0 Å². The Morgan fingerprint density at radius 2 is 2.27 bits per heavy atom. The van der Waals surface area contributed by atoms with E-state index in [9.17, 15) is 0 Å². The molecule has 1 aliphatic heterocycles. The fraction of sp³-hybridized carbons (Fsp3) is 0.500. The lowest BCUT2D eigenvalue weighted by molar-refractivity contribution is 0.261. The van der Waals surface area contributed by atoms with Crippen LogP contribution in [0, 0.1) is 0 Å². The maximum Gasteiger partial charge on any atom is 0.119 e. The average Bonchev–Trinajstić information content (AvgIpc) is 2.28. The van der Waals surface area contributed by atoms with Crippen molar-refractivity contribution in [2.24, 2.45) is 5.73 Å². The molecule has 2 N–H and O–H groups in total. The van der Waals surface area contributed by atoms with Gasteiger partial charge < -0.3 is 10.5 Å². The largest absolute Gasteiger partial charge is 0.497 e. The number of rotatable bonds is 3. The van der Waals surface area contributed by atoms with Crippen LogP contribution in [0.1, 0.15) is 11.1 Å². The minimum atomic E-state index is 0.735. The average molecular weight is 206 g/mol. The Bertz CT molecular complexity index is 338. The van der Waals surface area contributed by atoms with Crippen molar-refractivity contribution in [1.29, 1.82) is 0 Å². The third kappa shape index (κ3) is 2.30. The highest BCUT2D eigenvalue weighted by Gasteiger charge is 2.15. The molecule has 2 rings (SSSR count). The van der Waals surface area contributed by atoms with Crippen molar-refractivity contribution in [2.45, 2.75) is 13.0 Å². The molecule has 82 valence electrons. The highest BCUT2D eigenvalue weighted by Crippen LogP contribution is 2.23. The van der Waals surface area contributed by atoms with E-state index < -0.39 is 0 Å². The second-order valence-corrected chi connectivity index (χ2v) is 3.95. The summed E-state index contributed by atoms with van der Waals surface area (Å²) in [5.41, 5.74) is 8.40. The van der Waals surface area contributed by atoms with Gasteiger partial charge in [0.25, 0.3) is 0 Å². The molecular weight excluding hydrogens is 188 g/mol. The van der Waals surface area contributed by atoms with Crippen molar-refractivity contribution < 1.29 is 4.74 Å². The monoisotopic (exact) mass is 206 g/mol. The molecule has 0 saturated carbocycles. The highest BCUT2D eigenvalue weighted by molar-refractivity contribution is 5.37. The summed E-state index contributed by atoms with van der Waals surface area (Å²) in [4.78, 5) is 2.39. The summed E-state index contributed by atoms with van der Waals surface area (Å²) >= 11 is 0. The third-order valence-corrected chi connectivity index (χ3v) is 2.95. The van der Waals surface area contributed by atoms with E-state index in [0.29, 0.717) is 0 Å². The zero-order valence-corrected chi connectivity index (χ0v) is 9.20. The highest BCUT2D eigenvalue weighted by atomic mass is 16.5. The van der Waals surface area contributed by atoms with E-state index in [1.165, 1.54) is 11.1 Å². The zero-order valence-electron chi connectivity index (χ0n) is 9.20. The molecule has 0 radical (unpaired) electrons. The predicted octanol–water partition coefficient (Wildman–Crippen LogP) is 1.01. The quantitative estimate of drug-likeness (QED) is 0.802. The van der Waals surface area contributed by atoms with Crippen molar-refractivity contribution in [3.05, 3.63) is 29.3 Å². The van der Waals surface area contributed by atoms with Gasteiger partial charge in [-0.2, -0.15) is 0 Å². The van der Waals surface area contributed by atoms with Crippen molar-refractivity contribution >= 4 is 0 Å². The van der Waals surface area contributed by atoms with Crippen LogP contribution in [0.25, 0.3) is 0 Å². The molecule has 0 saturated heterocycles. The van der Waals surface area contributed by atoms with Crippen molar-refractivity contribution in [2.75, 3.05) is 26.7 Å². The lowest BCUT2D eigenvalue weighted by Gasteiger charge is -2.28. The predicted molar refractivity (Wildman–Crippen MR) is 61.0 cm³/mol. The van der Waals surface area contributed by atoms with Crippen LogP contribution in [0.2, 0.25) is 0 Å². The van der Waals surface area contributed by atoms with Gasteiger partial charge in [-0.25, -0.2) is 0 Å². The molecule has 0 aliphatic carbocycles. The first-order chi connectivity index (χ1) is 7.33. The van der Waals surface area contributed by atoms with Gasteiger partial charge in [-0.1, -0.05) is 6.07 Å². The Kier molecular flexibility index (Phi) is 3.23. The molecule has 0 bridgehead atoms. The van der Waals surface area contributed by atoms with Gasteiger partial charge in [-0.3, -0.25) is 4.90 Å². The topological polar surface area (TPSA) is 38.5 Å². The van der Waals surface area contributed by atoms with Crippen LogP contribution in [-0.4, -0.2) is 31.6 Å². The Hall–Kier alpha value is -1.06. The first kappa shape index (κ1) is 10.5. The number of hydrogen-bond acceptors (Lipinski definition) is 3. The maximum absolute atomic E-state index is 5.57.